The molecule has 2 N–H and O–H groups in total. The number of hydroxylamine groups is 1. The van der Waals surface area contributed by atoms with Crippen LogP contribution in [-0.4, -0.2) is 42.4 Å². The minimum Gasteiger partial charge on any atom is -0.347 e. The van der Waals surface area contributed by atoms with E-state index in [1.807, 2.05) is 35.2 Å². The largest absolute Gasteiger partial charge is 0.347 e. The van der Waals surface area contributed by atoms with E-state index in [4.69, 9.17) is 4.84 Å². The first-order valence-corrected chi connectivity index (χ1v) is 10.2. The molecule has 27 heavy (non-hydrogen) atoms. The molecule has 3 rings (SSSR count). The molecule has 1 saturated carbocycles. The molecule has 2 fully saturated rings. The number of amides is 2. The highest BCUT2D eigenvalue weighted by Gasteiger charge is 2.37. The van der Waals surface area contributed by atoms with Gasteiger partial charge in [0.1, 0.15) is 6.04 Å². The highest BCUT2D eigenvalue weighted by molar-refractivity contribution is 5.84. The Kier molecular flexibility index (Phi) is 7.66. The highest BCUT2D eigenvalue weighted by atomic mass is 16.6. The van der Waals surface area contributed by atoms with Crippen molar-refractivity contribution in [1.82, 2.24) is 15.7 Å². The van der Waals surface area contributed by atoms with Crippen molar-refractivity contribution in [1.29, 1.82) is 0 Å². The van der Waals surface area contributed by atoms with Crippen molar-refractivity contribution in [3.63, 3.8) is 0 Å². The fourth-order valence-corrected chi connectivity index (χ4v) is 4.33. The van der Waals surface area contributed by atoms with Crippen LogP contribution in [0.4, 0.5) is 0 Å². The molecule has 2 amide bonds. The van der Waals surface area contributed by atoms with Gasteiger partial charge < -0.3 is 10.2 Å². The van der Waals surface area contributed by atoms with Gasteiger partial charge in [-0.05, 0) is 37.2 Å². The SMILES string of the molecule is O=CN[C@H](C(=O)N1CCCC1CNOCc1ccccc1)C1CCCCC1. The molecule has 1 aromatic rings. The van der Waals surface area contributed by atoms with Crippen LogP contribution < -0.4 is 10.8 Å². The second-order valence-corrected chi connectivity index (χ2v) is 7.61. The fraction of sp³-hybridized carbons (Fsp3) is 0.619. The molecule has 1 heterocycles. The predicted octanol–water partition coefficient (Wildman–Crippen LogP) is 2.39. The van der Waals surface area contributed by atoms with E-state index < -0.39 is 0 Å². The highest BCUT2D eigenvalue weighted by Crippen LogP contribution is 2.29. The monoisotopic (exact) mass is 373 g/mol. The van der Waals surface area contributed by atoms with E-state index in [1.165, 1.54) is 6.42 Å². The van der Waals surface area contributed by atoms with Crippen LogP contribution in [0, 0.1) is 5.92 Å². The number of carbonyl (C=O) groups excluding carboxylic acids is 2. The smallest absolute Gasteiger partial charge is 0.245 e. The summed E-state index contributed by atoms with van der Waals surface area (Å²) in [5, 5.41) is 2.81. The van der Waals surface area contributed by atoms with E-state index in [9.17, 15) is 9.59 Å². The molecule has 0 bridgehead atoms. The molecule has 6 heteroatoms. The molecule has 1 aliphatic heterocycles. The Morgan fingerprint density at radius 2 is 1.93 bits per heavy atom. The Morgan fingerprint density at radius 3 is 2.67 bits per heavy atom. The maximum absolute atomic E-state index is 13.1. The Bertz CT molecular complexity index is 590. The summed E-state index contributed by atoms with van der Waals surface area (Å²) in [5.41, 5.74) is 4.14. The van der Waals surface area contributed by atoms with Crippen LogP contribution in [0.2, 0.25) is 0 Å². The zero-order valence-corrected chi connectivity index (χ0v) is 15.9. The number of likely N-dealkylation sites (tertiary alicyclic amines) is 1. The summed E-state index contributed by atoms with van der Waals surface area (Å²) in [6, 6.07) is 9.74. The Labute approximate surface area is 161 Å². The van der Waals surface area contributed by atoms with Crippen molar-refractivity contribution in [3.05, 3.63) is 35.9 Å². The maximum atomic E-state index is 13.1. The van der Waals surface area contributed by atoms with Gasteiger partial charge in [0.15, 0.2) is 0 Å². The Balaban J connectivity index is 1.50. The number of hydrogen-bond donors (Lipinski definition) is 2. The van der Waals surface area contributed by atoms with Gasteiger partial charge in [-0.3, -0.25) is 14.4 Å². The molecule has 1 unspecified atom stereocenters. The standard InChI is InChI=1S/C21H31N3O3/c25-16-22-20(18-10-5-2-6-11-18)21(26)24-13-7-12-19(24)14-23-27-15-17-8-3-1-4-9-17/h1,3-4,8-9,16,18-20,23H,2,5-7,10-15H2,(H,22,25)/t19?,20-/m0/s1. The lowest BCUT2D eigenvalue weighted by Gasteiger charge is -2.34. The molecular formula is C21H31N3O3. The average molecular weight is 373 g/mol. The van der Waals surface area contributed by atoms with E-state index in [1.54, 1.807) is 0 Å². The van der Waals surface area contributed by atoms with Crippen molar-refractivity contribution in [3.8, 4) is 0 Å². The quantitative estimate of drug-likeness (QED) is 0.396. The van der Waals surface area contributed by atoms with Gasteiger partial charge in [-0.25, -0.2) is 5.48 Å². The number of benzene rings is 1. The van der Waals surface area contributed by atoms with Crippen LogP contribution in [-0.2, 0) is 21.0 Å². The summed E-state index contributed by atoms with van der Waals surface area (Å²) >= 11 is 0. The average Bonchev–Trinajstić information content (AvgIpc) is 3.19. The molecule has 2 atom stereocenters. The van der Waals surface area contributed by atoms with Gasteiger partial charge in [-0.1, -0.05) is 49.6 Å². The third kappa shape index (κ3) is 5.53. The molecule has 6 nitrogen and oxygen atoms in total. The molecule has 1 aromatic carbocycles. The van der Waals surface area contributed by atoms with Crippen molar-refractivity contribution >= 4 is 12.3 Å². The van der Waals surface area contributed by atoms with Gasteiger partial charge in [0, 0.05) is 19.1 Å². The summed E-state index contributed by atoms with van der Waals surface area (Å²) in [5.74, 6) is 0.335. The third-order valence-electron chi connectivity index (χ3n) is 5.80. The van der Waals surface area contributed by atoms with Crippen molar-refractivity contribution in [2.75, 3.05) is 13.1 Å². The summed E-state index contributed by atoms with van der Waals surface area (Å²) < 4.78 is 0. The summed E-state index contributed by atoms with van der Waals surface area (Å²) in [4.78, 5) is 31.7. The van der Waals surface area contributed by atoms with Gasteiger partial charge in [-0.2, -0.15) is 0 Å². The van der Waals surface area contributed by atoms with Crippen molar-refractivity contribution < 1.29 is 14.4 Å². The first-order valence-electron chi connectivity index (χ1n) is 10.2. The van der Waals surface area contributed by atoms with Crippen LogP contribution in [0.1, 0.15) is 50.5 Å². The normalized spacial score (nSPS) is 21.8. The maximum Gasteiger partial charge on any atom is 0.245 e. The molecule has 0 radical (unpaired) electrons. The minimum atomic E-state index is -0.381. The summed E-state index contributed by atoms with van der Waals surface area (Å²) in [6.07, 6.45) is 8.21. The second kappa shape index (κ2) is 10.4. The van der Waals surface area contributed by atoms with Crippen LogP contribution in [0.5, 0.6) is 0 Å². The molecular weight excluding hydrogens is 342 g/mol. The number of nitrogens with zero attached hydrogens (tertiary/aromatic N) is 1. The zero-order valence-electron chi connectivity index (χ0n) is 15.9. The lowest BCUT2D eigenvalue weighted by Crippen LogP contribution is -2.53. The minimum absolute atomic E-state index is 0.0707. The Morgan fingerprint density at radius 1 is 1.15 bits per heavy atom. The van der Waals surface area contributed by atoms with Gasteiger partial charge in [0.05, 0.1) is 6.61 Å². The molecule has 0 aromatic heterocycles. The van der Waals surface area contributed by atoms with Gasteiger partial charge >= 0.3 is 0 Å². The fourth-order valence-electron chi connectivity index (χ4n) is 4.33. The lowest BCUT2D eigenvalue weighted by atomic mass is 9.83. The second-order valence-electron chi connectivity index (χ2n) is 7.61. The predicted molar refractivity (Wildman–Crippen MR) is 104 cm³/mol. The molecule has 1 saturated heterocycles. The van der Waals surface area contributed by atoms with Crippen molar-refractivity contribution in [2.24, 2.45) is 5.92 Å². The number of hydrogen-bond acceptors (Lipinski definition) is 4. The molecule has 0 spiro atoms. The van der Waals surface area contributed by atoms with E-state index in [-0.39, 0.29) is 23.9 Å². The molecule has 2 aliphatic rings. The third-order valence-corrected chi connectivity index (χ3v) is 5.80. The van der Waals surface area contributed by atoms with E-state index in [0.29, 0.717) is 19.6 Å². The van der Waals surface area contributed by atoms with Crippen LogP contribution in [0.3, 0.4) is 0 Å². The van der Waals surface area contributed by atoms with Crippen LogP contribution >= 0.6 is 0 Å². The molecule has 1 aliphatic carbocycles. The molecule has 148 valence electrons. The first-order chi connectivity index (χ1) is 13.3. The first kappa shape index (κ1) is 19.8. The number of carbonyl (C=O) groups is 2. The van der Waals surface area contributed by atoms with Gasteiger partial charge in [-0.15, -0.1) is 0 Å². The number of nitrogens with one attached hydrogen (secondary N) is 2. The van der Waals surface area contributed by atoms with E-state index in [2.05, 4.69) is 10.8 Å². The van der Waals surface area contributed by atoms with Crippen LogP contribution in [0.25, 0.3) is 0 Å². The van der Waals surface area contributed by atoms with E-state index in [0.717, 1.165) is 50.6 Å². The summed E-state index contributed by atoms with van der Waals surface area (Å²) in [7, 11) is 0. The van der Waals surface area contributed by atoms with Crippen molar-refractivity contribution in [2.45, 2.75) is 63.6 Å². The topological polar surface area (TPSA) is 70.7 Å². The summed E-state index contributed by atoms with van der Waals surface area (Å²) in [6.45, 7) is 1.86. The number of rotatable bonds is 9. The van der Waals surface area contributed by atoms with Crippen LogP contribution in [0.15, 0.2) is 30.3 Å². The van der Waals surface area contributed by atoms with Gasteiger partial charge in [0.2, 0.25) is 12.3 Å². The zero-order chi connectivity index (χ0) is 18.9. The van der Waals surface area contributed by atoms with E-state index >= 15 is 0 Å². The van der Waals surface area contributed by atoms with Gasteiger partial charge in [0.25, 0.3) is 0 Å². The lowest BCUT2D eigenvalue weighted by molar-refractivity contribution is -0.138. The Hall–Kier alpha value is -1.92.